The molecule has 74 valence electrons. The summed E-state index contributed by atoms with van der Waals surface area (Å²) >= 11 is 1.96. The molecule has 7 nitrogen and oxygen atoms in total. The fourth-order valence-electron chi connectivity index (χ4n) is 0.984. The van der Waals surface area contributed by atoms with Gasteiger partial charge in [0.2, 0.25) is 0 Å². The van der Waals surface area contributed by atoms with Gasteiger partial charge in [-0.1, -0.05) is 5.21 Å². The van der Waals surface area contributed by atoms with Crippen LogP contribution in [0.2, 0.25) is 0 Å². The van der Waals surface area contributed by atoms with Gasteiger partial charge in [0.1, 0.15) is 0 Å². The highest BCUT2D eigenvalue weighted by atomic mass is 127. The lowest BCUT2D eigenvalue weighted by Crippen LogP contribution is -2.01. The first kappa shape index (κ1) is 9.37. The van der Waals surface area contributed by atoms with E-state index in [4.69, 9.17) is 10.5 Å². The van der Waals surface area contributed by atoms with Gasteiger partial charge in [-0.15, -0.1) is 5.10 Å². The molecule has 0 saturated carbocycles. The first-order valence-corrected chi connectivity index (χ1v) is 4.86. The van der Waals surface area contributed by atoms with Crippen molar-refractivity contribution in [1.82, 2.24) is 23.2 Å². The van der Waals surface area contributed by atoms with Crippen molar-refractivity contribution in [2.24, 2.45) is 0 Å². The largest absolute Gasteiger partial charge is 0.464 e. The summed E-state index contributed by atoms with van der Waals surface area (Å²) in [5.74, 6) is 0.279. The van der Waals surface area contributed by atoms with E-state index in [2.05, 4.69) is 20.3 Å². The van der Waals surface area contributed by atoms with E-state index in [0.717, 1.165) is 0 Å². The van der Waals surface area contributed by atoms with Gasteiger partial charge in [0, 0.05) is 0 Å². The number of nitrogen functional groups attached to an aromatic ring is 1. The number of anilines is 1. The Balaban J connectivity index is 2.63. The van der Waals surface area contributed by atoms with Crippen molar-refractivity contribution >= 4 is 39.8 Å². The zero-order chi connectivity index (χ0) is 10.1. The molecule has 0 aromatic carbocycles. The molecular weight excluding hydrogens is 299 g/mol. The van der Waals surface area contributed by atoms with Crippen LogP contribution in [0.15, 0.2) is 0 Å². The highest BCUT2D eigenvalue weighted by Crippen LogP contribution is 2.18. The quantitative estimate of drug-likeness (QED) is 0.808. The van der Waals surface area contributed by atoms with Gasteiger partial charge < -0.3 is 10.5 Å². The molecule has 0 bridgehead atoms. The number of fused-ring (bicyclic) bond motifs is 1. The standard InChI is InChI=1S/C6H7IN6O/c1-2-14-6-9-4(8)3-5(10-6)13(7)12-11-3/h2H2,1H3,(H2,8,9,10). The Morgan fingerprint density at radius 3 is 3.00 bits per heavy atom. The van der Waals surface area contributed by atoms with Crippen molar-refractivity contribution in [2.75, 3.05) is 12.3 Å². The molecule has 2 heterocycles. The summed E-state index contributed by atoms with van der Waals surface area (Å²) in [4.78, 5) is 8.03. The lowest BCUT2D eigenvalue weighted by molar-refractivity contribution is 0.314. The van der Waals surface area contributed by atoms with Crippen molar-refractivity contribution in [3.8, 4) is 6.01 Å². The fourth-order valence-corrected chi connectivity index (χ4v) is 1.42. The summed E-state index contributed by atoms with van der Waals surface area (Å²) in [6, 6.07) is 0.248. The molecule has 0 unspecified atom stereocenters. The molecule has 2 rings (SSSR count). The lowest BCUT2D eigenvalue weighted by atomic mass is 10.5. The smallest absolute Gasteiger partial charge is 0.320 e. The summed E-state index contributed by atoms with van der Waals surface area (Å²) < 4.78 is 6.64. The Bertz CT molecular complexity index is 469. The molecule has 0 fully saturated rings. The van der Waals surface area contributed by atoms with Crippen molar-refractivity contribution in [3.05, 3.63) is 0 Å². The van der Waals surface area contributed by atoms with Gasteiger partial charge in [-0.05, 0) is 6.92 Å². The Labute approximate surface area is 93.1 Å². The third-order valence-corrected chi connectivity index (χ3v) is 2.19. The third kappa shape index (κ3) is 1.45. The molecule has 2 aromatic heterocycles. The molecule has 0 aliphatic carbocycles. The van der Waals surface area contributed by atoms with E-state index in [1.165, 1.54) is 2.90 Å². The molecule has 2 N–H and O–H groups in total. The van der Waals surface area contributed by atoms with Crippen LogP contribution in [0, 0.1) is 0 Å². The Morgan fingerprint density at radius 2 is 2.29 bits per heavy atom. The van der Waals surface area contributed by atoms with Crippen molar-refractivity contribution < 1.29 is 4.74 Å². The molecule has 0 radical (unpaired) electrons. The average Bonchev–Trinajstić information content (AvgIpc) is 2.49. The number of ether oxygens (including phenoxy) is 1. The van der Waals surface area contributed by atoms with Gasteiger partial charge in [0.15, 0.2) is 17.0 Å². The van der Waals surface area contributed by atoms with Crippen LogP contribution in [0.3, 0.4) is 0 Å². The first-order chi connectivity index (χ1) is 6.72. The second kappa shape index (κ2) is 3.52. The number of nitrogens with zero attached hydrogens (tertiary/aromatic N) is 5. The zero-order valence-electron chi connectivity index (χ0n) is 7.31. The van der Waals surface area contributed by atoms with Crippen LogP contribution in [-0.2, 0) is 0 Å². The van der Waals surface area contributed by atoms with Crippen LogP contribution < -0.4 is 10.5 Å². The number of hydrogen-bond acceptors (Lipinski definition) is 6. The predicted octanol–water partition coefficient (Wildman–Crippen LogP) is 0.400. The minimum atomic E-state index is 0.248. The molecule has 0 amide bonds. The van der Waals surface area contributed by atoms with E-state index in [0.29, 0.717) is 17.8 Å². The number of hydrogen-bond donors (Lipinski definition) is 1. The number of rotatable bonds is 2. The average molecular weight is 306 g/mol. The molecule has 0 aliphatic rings. The van der Waals surface area contributed by atoms with Crippen LogP contribution in [-0.4, -0.2) is 29.8 Å². The van der Waals surface area contributed by atoms with E-state index >= 15 is 0 Å². The molecule has 0 atom stereocenters. The monoisotopic (exact) mass is 306 g/mol. The second-order valence-electron chi connectivity index (χ2n) is 2.45. The van der Waals surface area contributed by atoms with Crippen LogP contribution in [0.1, 0.15) is 6.92 Å². The van der Waals surface area contributed by atoms with Crippen LogP contribution in [0.25, 0.3) is 11.2 Å². The van der Waals surface area contributed by atoms with Crippen molar-refractivity contribution in [1.29, 1.82) is 0 Å². The van der Waals surface area contributed by atoms with Gasteiger partial charge in [-0.2, -0.15) is 12.9 Å². The Morgan fingerprint density at radius 1 is 1.50 bits per heavy atom. The van der Waals surface area contributed by atoms with Gasteiger partial charge in [0.05, 0.1) is 29.5 Å². The topological polar surface area (TPSA) is 91.7 Å². The summed E-state index contributed by atoms with van der Waals surface area (Å²) in [5, 5.41) is 7.59. The maximum Gasteiger partial charge on any atom is 0.320 e. The van der Waals surface area contributed by atoms with E-state index in [1.807, 2.05) is 29.8 Å². The lowest BCUT2D eigenvalue weighted by Gasteiger charge is -2.01. The maximum absolute atomic E-state index is 5.65. The summed E-state index contributed by atoms with van der Waals surface area (Å²) in [6.45, 7) is 2.34. The minimum Gasteiger partial charge on any atom is -0.464 e. The van der Waals surface area contributed by atoms with Crippen LogP contribution in [0.5, 0.6) is 6.01 Å². The van der Waals surface area contributed by atoms with E-state index in [1.54, 1.807) is 0 Å². The first-order valence-electron chi connectivity index (χ1n) is 3.90. The molecule has 2 aromatic rings. The summed E-state index contributed by atoms with van der Waals surface area (Å²) in [6.07, 6.45) is 0. The SMILES string of the molecule is CCOc1nc(N)c2nnn(I)c2n1. The highest BCUT2D eigenvalue weighted by Gasteiger charge is 2.11. The maximum atomic E-state index is 5.65. The molecule has 0 saturated heterocycles. The normalized spacial score (nSPS) is 10.7. The van der Waals surface area contributed by atoms with Crippen molar-refractivity contribution in [2.45, 2.75) is 6.92 Å². The van der Waals surface area contributed by atoms with E-state index in [9.17, 15) is 0 Å². The van der Waals surface area contributed by atoms with Gasteiger partial charge in [-0.25, -0.2) is 0 Å². The molecule has 8 heteroatoms. The number of aromatic nitrogens is 5. The van der Waals surface area contributed by atoms with Gasteiger partial charge in [0.25, 0.3) is 0 Å². The zero-order valence-corrected chi connectivity index (χ0v) is 9.46. The molecule has 14 heavy (non-hydrogen) atoms. The van der Waals surface area contributed by atoms with E-state index < -0.39 is 0 Å². The highest BCUT2D eigenvalue weighted by molar-refractivity contribution is 14.1. The number of halogens is 1. The van der Waals surface area contributed by atoms with Crippen LogP contribution in [0.4, 0.5) is 5.82 Å². The van der Waals surface area contributed by atoms with Crippen molar-refractivity contribution in [3.63, 3.8) is 0 Å². The second-order valence-corrected chi connectivity index (χ2v) is 3.36. The molecular formula is C6H7IN6O. The number of nitrogens with two attached hydrogens (primary N) is 1. The van der Waals surface area contributed by atoms with Gasteiger partial charge >= 0.3 is 6.01 Å². The van der Waals surface area contributed by atoms with Crippen LogP contribution >= 0.6 is 22.9 Å². The summed E-state index contributed by atoms with van der Waals surface area (Å²) in [5.41, 5.74) is 6.70. The fraction of sp³-hybridized carbons (Fsp3) is 0.333. The van der Waals surface area contributed by atoms with E-state index in [-0.39, 0.29) is 11.8 Å². The minimum absolute atomic E-state index is 0.248. The third-order valence-electron chi connectivity index (χ3n) is 1.54. The Hall–Kier alpha value is -1.19. The predicted molar refractivity (Wildman–Crippen MR) is 58.1 cm³/mol. The molecule has 0 spiro atoms. The molecule has 0 aliphatic heterocycles. The Kier molecular flexibility index (Phi) is 2.35. The summed E-state index contributed by atoms with van der Waals surface area (Å²) in [7, 11) is 0. The van der Waals surface area contributed by atoms with Gasteiger partial charge in [-0.3, -0.25) is 0 Å².